The van der Waals surface area contributed by atoms with Crippen molar-refractivity contribution in [2.24, 2.45) is 0 Å². The first-order chi connectivity index (χ1) is 16.0. The Balaban J connectivity index is 2.07. The van der Waals surface area contributed by atoms with Gasteiger partial charge >= 0.3 is 5.97 Å². The summed E-state index contributed by atoms with van der Waals surface area (Å²) in [6, 6.07) is 29.4. The minimum Gasteiger partial charge on any atom is -0.467 e. The van der Waals surface area contributed by atoms with Crippen LogP contribution in [-0.2, 0) is 19.7 Å². The van der Waals surface area contributed by atoms with E-state index in [1.54, 1.807) is 0 Å². The maximum Gasteiger partial charge on any atom is 0.328 e. The molecule has 0 fully saturated rings. The fraction of sp³-hybridized carbons (Fsp3) is 0.241. The molecular weight excluding hydrogens is 410 g/mol. The number of methoxy groups -OCH3 is 1. The molecular formula is C29H31NO3. The topological polar surface area (TPSA) is 55.4 Å². The van der Waals surface area contributed by atoms with Gasteiger partial charge in [-0.3, -0.25) is 4.79 Å². The van der Waals surface area contributed by atoms with Crippen LogP contribution in [0.15, 0.2) is 103 Å². The van der Waals surface area contributed by atoms with Crippen LogP contribution in [0.4, 0.5) is 0 Å². The molecule has 0 aliphatic heterocycles. The Labute approximate surface area is 196 Å². The Hall–Kier alpha value is -3.66. The Morgan fingerprint density at radius 2 is 1.24 bits per heavy atom. The molecule has 1 N–H and O–H groups in total. The first-order valence-corrected chi connectivity index (χ1v) is 11.1. The van der Waals surface area contributed by atoms with E-state index < -0.39 is 17.4 Å². The summed E-state index contributed by atoms with van der Waals surface area (Å²) >= 11 is 0. The summed E-state index contributed by atoms with van der Waals surface area (Å²) in [7, 11) is 1.34. The first-order valence-electron chi connectivity index (χ1n) is 11.1. The van der Waals surface area contributed by atoms with Crippen molar-refractivity contribution in [3.8, 4) is 0 Å². The lowest BCUT2D eigenvalue weighted by atomic mass is 9.67. The lowest BCUT2D eigenvalue weighted by Crippen LogP contribution is -2.44. The summed E-state index contributed by atoms with van der Waals surface area (Å²) in [6.45, 7) is 3.92. The summed E-state index contributed by atoms with van der Waals surface area (Å²) in [5.41, 5.74) is 3.39. The van der Waals surface area contributed by atoms with Gasteiger partial charge in [-0.2, -0.15) is 0 Å². The van der Waals surface area contributed by atoms with Crippen molar-refractivity contribution >= 4 is 11.9 Å². The Morgan fingerprint density at radius 3 is 1.61 bits per heavy atom. The number of hydrogen-bond acceptors (Lipinski definition) is 3. The van der Waals surface area contributed by atoms with Gasteiger partial charge in [0.15, 0.2) is 0 Å². The highest BCUT2D eigenvalue weighted by atomic mass is 16.5. The second kappa shape index (κ2) is 11.3. The van der Waals surface area contributed by atoms with Crippen molar-refractivity contribution in [2.75, 3.05) is 7.11 Å². The van der Waals surface area contributed by atoms with Crippen LogP contribution in [0.2, 0.25) is 0 Å². The molecule has 170 valence electrons. The van der Waals surface area contributed by atoms with Crippen LogP contribution >= 0.6 is 0 Å². The second-order valence-electron chi connectivity index (χ2n) is 8.34. The Kier molecular flexibility index (Phi) is 8.20. The lowest BCUT2D eigenvalue weighted by Gasteiger charge is -2.36. The lowest BCUT2D eigenvalue weighted by molar-refractivity contribution is -0.145. The van der Waals surface area contributed by atoms with Crippen LogP contribution in [-0.4, -0.2) is 25.0 Å². The van der Waals surface area contributed by atoms with Crippen molar-refractivity contribution in [3.63, 3.8) is 0 Å². The van der Waals surface area contributed by atoms with Crippen LogP contribution < -0.4 is 5.32 Å². The molecule has 0 unspecified atom stereocenters. The Bertz CT molecular complexity index is 975. The molecule has 0 spiro atoms. The number of esters is 1. The van der Waals surface area contributed by atoms with Crippen LogP contribution in [0.3, 0.4) is 0 Å². The van der Waals surface area contributed by atoms with E-state index in [4.69, 9.17) is 4.74 Å². The monoisotopic (exact) mass is 441 g/mol. The highest BCUT2D eigenvalue weighted by Gasteiger charge is 2.39. The molecule has 0 bridgehead atoms. The fourth-order valence-electron chi connectivity index (χ4n) is 4.17. The predicted molar refractivity (Wildman–Crippen MR) is 132 cm³/mol. The summed E-state index contributed by atoms with van der Waals surface area (Å²) < 4.78 is 4.95. The van der Waals surface area contributed by atoms with E-state index in [0.717, 1.165) is 22.3 Å². The molecule has 3 aromatic carbocycles. The number of hydrogen-bond donors (Lipinski definition) is 1. The standard InChI is InChI=1S/C29H31NO3/c1-22(2)19-20-26(28(32)33-3)30-27(31)21-29(23-13-7-4-8-14-23,24-15-9-5-10-16-24)25-17-11-6-12-18-25/h4-19,26H,20-21H2,1-3H3,(H,30,31)/t26-/m1/s1. The maximum absolute atomic E-state index is 13.5. The molecule has 3 aromatic rings. The fourth-order valence-corrected chi connectivity index (χ4v) is 4.17. The van der Waals surface area contributed by atoms with Gasteiger partial charge in [0.1, 0.15) is 6.04 Å². The van der Waals surface area contributed by atoms with Gasteiger partial charge in [0.2, 0.25) is 5.91 Å². The molecule has 0 saturated carbocycles. The zero-order valence-electron chi connectivity index (χ0n) is 19.5. The number of amides is 1. The van der Waals surface area contributed by atoms with Gasteiger partial charge in [0.05, 0.1) is 12.5 Å². The van der Waals surface area contributed by atoms with Gasteiger partial charge in [0.25, 0.3) is 0 Å². The molecule has 0 radical (unpaired) electrons. The molecule has 0 aromatic heterocycles. The molecule has 3 rings (SSSR count). The highest BCUT2D eigenvalue weighted by Crippen LogP contribution is 2.42. The molecule has 4 heteroatoms. The van der Waals surface area contributed by atoms with Gasteiger partial charge in [-0.15, -0.1) is 0 Å². The molecule has 1 amide bonds. The number of carbonyl (C=O) groups excluding carboxylic acids is 2. The van der Waals surface area contributed by atoms with E-state index in [2.05, 4.69) is 5.32 Å². The third-order valence-corrected chi connectivity index (χ3v) is 5.81. The summed E-state index contributed by atoms with van der Waals surface area (Å²) in [5, 5.41) is 2.93. The molecule has 4 nitrogen and oxygen atoms in total. The average Bonchev–Trinajstić information content (AvgIpc) is 2.86. The third-order valence-electron chi connectivity index (χ3n) is 5.81. The zero-order chi connectivity index (χ0) is 23.7. The zero-order valence-corrected chi connectivity index (χ0v) is 19.5. The van der Waals surface area contributed by atoms with Crippen molar-refractivity contribution in [1.82, 2.24) is 5.32 Å². The van der Waals surface area contributed by atoms with E-state index in [-0.39, 0.29) is 12.3 Å². The predicted octanol–water partition coefficient (Wildman–Crippen LogP) is 5.43. The molecule has 0 saturated heterocycles. The van der Waals surface area contributed by atoms with Gasteiger partial charge in [-0.05, 0) is 37.0 Å². The number of ether oxygens (including phenoxy) is 1. The van der Waals surface area contributed by atoms with E-state index in [9.17, 15) is 9.59 Å². The van der Waals surface area contributed by atoms with Crippen molar-refractivity contribution in [1.29, 1.82) is 0 Å². The van der Waals surface area contributed by atoms with Crippen LogP contribution in [0.25, 0.3) is 0 Å². The van der Waals surface area contributed by atoms with Crippen molar-refractivity contribution in [3.05, 3.63) is 119 Å². The van der Waals surface area contributed by atoms with Crippen LogP contribution in [0, 0.1) is 0 Å². The molecule has 1 atom stereocenters. The summed E-state index contributed by atoms with van der Waals surface area (Å²) in [4.78, 5) is 25.9. The summed E-state index contributed by atoms with van der Waals surface area (Å²) in [6.07, 6.45) is 2.46. The van der Waals surface area contributed by atoms with Crippen molar-refractivity contribution in [2.45, 2.75) is 38.1 Å². The minimum atomic E-state index is -0.738. The quantitative estimate of drug-likeness (QED) is 0.274. The smallest absolute Gasteiger partial charge is 0.328 e. The Morgan fingerprint density at radius 1 is 0.818 bits per heavy atom. The van der Waals surface area contributed by atoms with E-state index >= 15 is 0 Å². The molecule has 0 aliphatic rings. The van der Waals surface area contributed by atoms with Gasteiger partial charge in [0, 0.05) is 6.42 Å². The highest BCUT2D eigenvalue weighted by molar-refractivity contribution is 5.86. The van der Waals surface area contributed by atoms with Gasteiger partial charge in [-0.1, -0.05) is 103 Å². The number of rotatable bonds is 9. The maximum atomic E-state index is 13.5. The number of allylic oxidation sites excluding steroid dienone is 1. The summed E-state index contributed by atoms with van der Waals surface area (Å²) in [5.74, 6) is -0.672. The molecule has 0 heterocycles. The van der Waals surface area contributed by atoms with E-state index in [1.807, 2.05) is 111 Å². The van der Waals surface area contributed by atoms with Crippen LogP contribution in [0.1, 0.15) is 43.4 Å². The van der Waals surface area contributed by atoms with E-state index in [1.165, 1.54) is 7.11 Å². The van der Waals surface area contributed by atoms with Gasteiger partial charge in [-0.25, -0.2) is 4.79 Å². The SMILES string of the molecule is COC(=O)[C@@H](CC=C(C)C)NC(=O)CC(c1ccccc1)(c1ccccc1)c1ccccc1. The second-order valence-corrected chi connectivity index (χ2v) is 8.34. The minimum absolute atomic E-state index is 0.146. The van der Waals surface area contributed by atoms with Crippen LogP contribution in [0.5, 0.6) is 0 Å². The normalized spacial score (nSPS) is 11.8. The van der Waals surface area contributed by atoms with E-state index in [0.29, 0.717) is 6.42 Å². The number of nitrogens with one attached hydrogen (secondary N) is 1. The number of carbonyl (C=O) groups is 2. The third kappa shape index (κ3) is 5.78. The first kappa shape index (κ1) is 24.0. The van der Waals surface area contributed by atoms with Gasteiger partial charge < -0.3 is 10.1 Å². The molecule has 0 aliphatic carbocycles. The average molecular weight is 442 g/mol. The largest absolute Gasteiger partial charge is 0.467 e. The number of benzene rings is 3. The molecule has 33 heavy (non-hydrogen) atoms. The van der Waals surface area contributed by atoms with Crippen molar-refractivity contribution < 1.29 is 14.3 Å².